The van der Waals surface area contributed by atoms with E-state index in [-0.39, 0.29) is 51.4 Å². The molecule has 0 radical (unpaired) electrons. The molecule has 16 heavy (non-hydrogen) atoms. The second-order valence-corrected chi connectivity index (χ2v) is 4.78. The Bertz CT molecular complexity index is 319. The SMILES string of the molecule is CC[n+]1ccn(C)c1.F[P-](F)(F)(F)(F)F.[KH]. The molecule has 1 aromatic heterocycles. The quantitative estimate of drug-likeness (QED) is 0.326. The van der Waals surface area contributed by atoms with Gasteiger partial charge in [0, 0.05) is 0 Å². The van der Waals surface area contributed by atoms with Gasteiger partial charge in [0.1, 0.15) is 12.4 Å². The third kappa shape index (κ3) is 20.3. The van der Waals surface area contributed by atoms with Gasteiger partial charge in [-0.05, 0) is 6.92 Å². The summed E-state index contributed by atoms with van der Waals surface area (Å²) >= 11 is 0. The van der Waals surface area contributed by atoms with Crippen molar-refractivity contribution in [2.45, 2.75) is 13.5 Å². The predicted molar refractivity (Wildman–Crippen MR) is 52.0 cm³/mol. The zero-order valence-corrected chi connectivity index (χ0v) is 8.94. The summed E-state index contributed by atoms with van der Waals surface area (Å²) in [5, 5.41) is 0. The number of hydrogen-bond acceptors (Lipinski definition) is 0. The molecule has 0 unspecified atom stereocenters. The molecule has 94 valence electrons. The molecular weight excluding hydrogens is 284 g/mol. The van der Waals surface area contributed by atoms with E-state index in [0.717, 1.165) is 6.54 Å². The van der Waals surface area contributed by atoms with Gasteiger partial charge in [0.15, 0.2) is 0 Å². The van der Waals surface area contributed by atoms with E-state index in [0.29, 0.717) is 0 Å². The minimum absolute atomic E-state index is 0. The zero-order chi connectivity index (χ0) is 12.4. The van der Waals surface area contributed by atoms with E-state index in [1.54, 1.807) is 0 Å². The molecule has 0 amide bonds. The van der Waals surface area contributed by atoms with E-state index in [2.05, 4.69) is 24.0 Å². The van der Waals surface area contributed by atoms with Crippen LogP contribution in [-0.4, -0.2) is 56.0 Å². The van der Waals surface area contributed by atoms with Gasteiger partial charge < -0.3 is 0 Å². The average Bonchev–Trinajstić information content (AvgIpc) is 2.28. The first-order valence-corrected chi connectivity index (χ1v) is 5.88. The number of halogens is 6. The standard InChI is InChI=1S/C6H11N2.F6P.K.H/c1-3-8-5-4-7(2)6-8;1-7(2,3,4,5)6;;/h4-6H,3H2,1-2H3;;;/q+1;-1;;. The van der Waals surface area contributed by atoms with Crippen LogP contribution in [0.15, 0.2) is 18.7 Å². The Balaban J connectivity index is 0. The molecule has 1 rings (SSSR count). The minimum atomic E-state index is -10.7. The first kappa shape index (κ1) is 19.2. The molecule has 0 aromatic carbocycles. The first-order chi connectivity index (χ1) is 6.28. The Labute approximate surface area is 131 Å². The number of nitrogens with zero attached hydrogens (tertiary/aromatic N) is 2. The maximum atomic E-state index is 9.87. The Morgan fingerprint density at radius 1 is 1.12 bits per heavy atom. The van der Waals surface area contributed by atoms with Gasteiger partial charge >= 0.3 is 84.4 Å². The first-order valence-electron chi connectivity index (χ1n) is 3.85. The Hall–Kier alpha value is 0.856. The summed E-state index contributed by atoms with van der Waals surface area (Å²) in [6, 6.07) is 0. The molecule has 0 saturated carbocycles. The van der Waals surface area contributed by atoms with Gasteiger partial charge in [-0.2, -0.15) is 0 Å². The van der Waals surface area contributed by atoms with Crippen molar-refractivity contribution < 1.29 is 29.7 Å². The second-order valence-electron chi connectivity index (χ2n) is 2.87. The Morgan fingerprint density at radius 3 is 1.62 bits per heavy atom. The van der Waals surface area contributed by atoms with Crippen LogP contribution in [0.3, 0.4) is 0 Å². The van der Waals surface area contributed by atoms with Crippen molar-refractivity contribution in [2.24, 2.45) is 7.05 Å². The normalized spacial score (nSPS) is 15.0. The summed E-state index contributed by atoms with van der Waals surface area (Å²) in [5.41, 5.74) is 0. The molecule has 0 N–H and O–H groups in total. The summed E-state index contributed by atoms with van der Waals surface area (Å²) in [4.78, 5) is 0. The van der Waals surface area contributed by atoms with E-state index in [4.69, 9.17) is 0 Å². The van der Waals surface area contributed by atoms with Crippen molar-refractivity contribution >= 4 is 59.2 Å². The number of aryl methyl sites for hydroxylation is 2. The van der Waals surface area contributed by atoms with Crippen molar-refractivity contribution in [2.75, 3.05) is 0 Å². The number of aromatic nitrogens is 2. The van der Waals surface area contributed by atoms with Crippen LogP contribution in [-0.2, 0) is 13.6 Å². The molecule has 0 fully saturated rings. The van der Waals surface area contributed by atoms with Crippen LogP contribution in [0.5, 0.6) is 0 Å². The number of imidazole rings is 1. The molecule has 0 spiro atoms. The van der Waals surface area contributed by atoms with Crippen LogP contribution in [0.2, 0.25) is 0 Å². The second kappa shape index (κ2) is 5.23. The van der Waals surface area contributed by atoms with Crippen molar-refractivity contribution in [1.29, 1.82) is 0 Å². The fraction of sp³-hybridized carbons (Fsp3) is 0.500. The van der Waals surface area contributed by atoms with Gasteiger partial charge in [-0.1, -0.05) is 0 Å². The third-order valence-corrected chi connectivity index (χ3v) is 1.19. The molecule has 0 saturated heterocycles. The molecular formula is C6H12F6KN2P. The van der Waals surface area contributed by atoms with E-state index in [9.17, 15) is 25.2 Å². The summed E-state index contributed by atoms with van der Waals surface area (Å²) in [6.45, 7) is 3.18. The monoisotopic (exact) mass is 296 g/mol. The van der Waals surface area contributed by atoms with Crippen molar-refractivity contribution in [1.82, 2.24) is 4.57 Å². The molecule has 1 heterocycles. The molecule has 10 heteroatoms. The van der Waals surface area contributed by atoms with Crippen LogP contribution < -0.4 is 4.57 Å². The van der Waals surface area contributed by atoms with Gasteiger partial charge in [0.2, 0.25) is 6.33 Å². The summed E-state index contributed by atoms with van der Waals surface area (Å²) < 4.78 is 63.4. The van der Waals surface area contributed by atoms with Gasteiger partial charge in [0.25, 0.3) is 0 Å². The maximum absolute atomic E-state index is 10.7. The molecule has 2 nitrogen and oxygen atoms in total. The van der Waals surface area contributed by atoms with Crippen LogP contribution in [0.4, 0.5) is 25.2 Å². The van der Waals surface area contributed by atoms with Crippen molar-refractivity contribution in [3.05, 3.63) is 18.7 Å². The number of hydrogen-bond donors (Lipinski definition) is 0. The molecule has 1 aromatic rings. The fourth-order valence-corrected chi connectivity index (χ4v) is 0.689. The van der Waals surface area contributed by atoms with Gasteiger partial charge in [-0.3, -0.25) is 0 Å². The van der Waals surface area contributed by atoms with Gasteiger partial charge in [0.05, 0.1) is 13.6 Å². The van der Waals surface area contributed by atoms with Gasteiger partial charge in [-0.15, -0.1) is 0 Å². The van der Waals surface area contributed by atoms with Crippen LogP contribution in [0.1, 0.15) is 6.92 Å². The number of rotatable bonds is 1. The van der Waals surface area contributed by atoms with E-state index >= 15 is 0 Å². The average molecular weight is 296 g/mol. The van der Waals surface area contributed by atoms with E-state index in [1.165, 1.54) is 0 Å². The topological polar surface area (TPSA) is 8.81 Å². The Kier molecular flexibility index (Phi) is 6.28. The summed E-state index contributed by atoms with van der Waals surface area (Å²) in [5.74, 6) is 0. The predicted octanol–water partition coefficient (Wildman–Crippen LogP) is 3.07. The van der Waals surface area contributed by atoms with Gasteiger partial charge in [-0.25, -0.2) is 9.13 Å². The molecule has 0 atom stereocenters. The van der Waals surface area contributed by atoms with E-state index < -0.39 is 7.81 Å². The van der Waals surface area contributed by atoms with Crippen LogP contribution in [0, 0.1) is 0 Å². The van der Waals surface area contributed by atoms with E-state index in [1.807, 2.05) is 17.8 Å². The third-order valence-electron chi connectivity index (χ3n) is 1.19. The van der Waals surface area contributed by atoms with Crippen LogP contribution >= 0.6 is 7.81 Å². The van der Waals surface area contributed by atoms with Crippen molar-refractivity contribution in [3.8, 4) is 0 Å². The Morgan fingerprint density at radius 2 is 1.50 bits per heavy atom. The van der Waals surface area contributed by atoms with Crippen molar-refractivity contribution in [3.63, 3.8) is 0 Å². The summed E-state index contributed by atoms with van der Waals surface area (Å²) in [6.07, 6.45) is 6.14. The molecule has 0 bridgehead atoms. The molecule has 0 aliphatic heterocycles. The molecule has 0 aliphatic rings. The fourth-order valence-electron chi connectivity index (χ4n) is 0.689. The zero-order valence-electron chi connectivity index (χ0n) is 8.05. The molecule has 0 aliphatic carbocycles. The summed E-state index contributed by atoms with van der Waals surface area (Å²) in [7, 11) is -8.64. The van der Waals surface area contributed by atoms with Crippen LogP contribution in [0.25, 0.3) is 0 Å².